The first kappa shape index (κ1) is 29.4. The Morgan fingerprint density at radius 3 is 2.35 bits per heavy atom. The van der Waals surface area contributed by atoms with Crippen molar-refractivity contribution in [3.63, 3.8) is 0 Å². The maximum atomic E-state index is 14.1. The fourth-order valence-corrected chi connectivity index (χ4v) is 6.61. The van der Waals surface area contributed by atoms with Gasteiger partial charge in [0.2, 0.25) is 5.78 Å². The zero-order chi connectivity index (χ0) is 29.8. The minimum atomic E-state index is -2.68. The number of hydrogen-bond donors (Lipinski definition) is 6. The molecule has 40 heavy (non-hydrogen) atoms. The van der Waals surface area contributed by atoms with Gasteiger partial charge in [-0.3, -0.25) is 24.1 Å². The highest BCUT2D eigenvalue weighted by atomic mass is 32.2. The van der Waals surface area contributed by atoms with Crippen LogP contribution in [0, 0.1) is 11.8 Å². The first-order valence-electron chi connectivity index (χ1n) is 12.8. The number of amides is 2. The number of carbonyl (C=O) groups is 4. The number of aliphatic hydroxyl groups excluding tert-OH is 2. The first-order chi connectivity index (χ1) is 18.7. The van der Waals surface area contributed by atoms with Crippen molar-refractivity contribution in [3.8, 4) is 5.75 Å². The number of aromatic hydroxyl groups is 1. The topological polar surface area (TPSA) is 180 Å². The largest absolute Gasteiger partial charge is 0.508 e. The average molecular weight is 575 g/mol. The molecule has 0 radical (unpaired) electrons. The number of phenols is 1. The van der Waals surface area contributed by atoms with E-state index in [0.29, 0.717) is 17.0 Å². The van der Waals surface area contributed by atoms with Gasteiger partial charge in [0, 0.05) is 38.3 Å². The molecular weight excluding hydrogens is 540 g/mol. The lowest BCUT2D eigenvalue weighted by molar-refractivity contribution is -0.153. The Labute approximate surface area is 235 Å². The number of carbonyl (C=O) groups excluding carboxylic acids is 4. The number of Topliss-reactive ketones (excluding diaryl/α,β-unsaturated/α-hetero) is 2. The molecule has 0 heterocycles. The number of nitrogens with one attached hydrogen (secondary N) is 2. The number of ketones is 2. The molecule has 6 N–H and O–H groups in total. The Bertz CT molecular complexity index is 1380. The fourth-order valence-electron chi connectivity index (χ4n) is 6.17. The zero-order valence-corrected chi connectivity index (χ0v) is 24.0. The van der Waals surface area contributed by atoms with Crippen LogP contribution in [0.4, 0.5) is 16.2 Å². The van der Waals surface area contributed by atoms with E-state index < -0.39 is 69.0 Å². The van der Waals surface area contributed by atoms with E-state index in [4.69, 9.17) is 0 Å². The fraction of sp³-hybridized carbons (Fsp3) is 0.481. The molecule has 4 rings (SSSR count). The number of aliphatic hydroxyl groups is 3. The number of thioether (sulfide) groups is 1. The Morgan fingerprint density at radius 2 is 1.80 bits per heavy atom. The summed E-state index contributed by atoms with van der Waals surface area (Å²) >= 11 is 0.991. The number of benzene rings is 1. The zero-order valence-electron chi connectivity index (χ0n) is 23.2. The summed E-state index contributed by atoms with van der Waals surface area (Å²) in [6.45, 7) is 1.80. The van der Waals surface area contributed by atoms with E-state index in [-0.39, 0.29) is 29.7 Å². The van der Waals surface area contributed by atoms with Crippen molar-refractivity contribution in [2.75, 3.05) is 51.2 Å². The predicted octanol–water partition coefficient (Wildman–Crippen LogP) is 1.58. The Balaban J connectivity index is 1.97. The van der Waals surface area contributed by atoms with Gasteiger partial charge in [0.05, 0.1) is 17.3 Å². The molecule has 0 aromatic heterocycles. The molecule has 216 valence electrons. The van der Waals surface area contributed by atoms with Crippen LogP contribution in [0.3, 0.4) is 0 Å². The van der Waals surface area contributed by atoms with Crippen LogP contribution in [0.1, 0.15) is 24.5 Å². The van der Waals surface area contributed by atoms with Gasteiger partial charge < -0.3 is 36.0 Å². The normalized spacial score (nSPS) is 25.9. The molecule has 12 nitrogen and oxygen atoms in total. The molecule has 4 atom stereocenters. The van der Waals surface area contributed by atoms with Gasteiger partial charge in [0.1, 0.15) is 17.1 Å². The molecule has 0 aliphatic heterocycles. The van der Waals surface area contributed by atoms with E-state index in [9.17, 15) is 39.6 Å². The molecule has 1 saturated carbocycles. The maximum Gasteiger partial charge on any atom is 0.283 e. The van der Waals surface area contributed by atoms with Crippen LogP contribution in [0.2, 0.25) is 0 Å². The second kappa shape index (κ2) is 10.5. The minimum Gasteiger partial charge on any atom is -0.508 e. The summed E-state index contributed by atoms with van der Waals surface area (Å²) in [6.07, 6.45) is 0.174. The average Bonchev–Trinajstić information content (AvgIpc) is 2.87. The van der Waals surface area contributed by atoms with Crippen molar-refractivity contribution in [1.29, 1.82) is 0 Å². The Kier molecular flexibility index (Phi) is 7.69. The highest BCUT2D eigenvalue weighted by Gasteiger charge is 2.64. The molecular formula is C27H34N4O8S. The van der Waals surface area contributed by atoms with E-state index >= 15 is 0 Å². The van der Waals surface area contributed by atoms with Crippen molar-refractivity contribution in [3.05, 3.63) is 34.1 Å². The molecule has 0 unspecified atom stereocenters. The van der Waals surface area contributed by atoms with E-state index in [1.807, 2.05) is 0 Å². The van der Waals surface area contributed by atoms with Crippen LogP contribution in [0.15, 0.2) is 23.0 Å². The molecule has 0 saturated heterocycles. The van der Waals surface area contributed by atoms with Gasteiger partial charge in [-0.1, -0.05) is 18.7 Å². The third-order valence-corrected chi connectivity index (χ3v) is 8.55. The second-order valence-corrected chi connectivity index (χ2v) is 11.8. The summed E-state index contributed by atoms with van der Waals surface area (Å²) in [5.41, 5.74) is -2.58. The SMILES string of the molecule is CCSC(=O)Nc1cc(N(C)C)c2c(c1O)C(O)=C1C(=O)[C@]3(O)C(O)=C(C(=O)NC)C(=O)[C@@H](N(C)C)[C@@H]3C[C@@H]1C2. The summed E-state index contributed by atoms with van der Waals surface area (Å²) in [5, 5.41) is 50.1. The second-order valence-electron chi connectivity index (χ2n) is 10.6. The maximum absolute atomic E-state index is 14.1. The number of anilines is 2. The number of nitrogens with zero attached hydrogens (tertiary/aromatic N) is 2. The number of likely N-dealkylation sites (N-methyl/N-ethyl adjacent to an activating group) is 2. The van der Waals surface area contributed by atoms with Crippen molar-refractivity contribution in [1.82, 2.24) is 10.2 Å². The molecule has 1 aromatic carbocycles. The smallest absolute Gasteiger partial charge is 0.283 e. The van der Waals surface area contributed by atoms with Crippen LogP contribution < -0.4 is 15.5 Å². The van der Waals surface area contributed by atoms with E-state index in [1.165, 1.54) is 11.9 Å². The lowest BCUT2D eigenvalue weighted by Crippen LogP contribution is -2.65. The third-order valence-electron chi connectivity index (χ3n) is 7.90. The van der Waals surface area contributed by atoms with Crippen LogP contribution >= 0.6 is 11.8 Å². The summed E-state index contributed by atoms with van der Waals surface area (Å²) in [7, 11) is 7.91. The summed E-state index contributed by atoms with van der Waals surface area (Å²) in [4.78, 5) is 55.6. The Morgan fingerprint density at radius 1 is 1.15 bits per heavy atom. The summed E-state index contributed by atoms with van der Waals surface area (Å²) in [5.74, 6) is -6.17. The summed E-state index contributed by atoms with van der Waals surface area (Å²) < 4.78 is 0. The van der Waals surface area contributed by atoms with Crippen LogP contribution in [-0.2, 0) is 20.8 Å². The number of phenolic OH excluding ortho intramolecular Hbond substituents is 1. The van der Waals surface area contributed by atoms with Gasteiger partial charge in [-0.05, 0) is 50.2 Å². The number of rotatable bonds is 5. The van der Waals surface area contributed by atoms with Crippen molar-refractivity contribution in [2.24, 2.45) is 11.8 Å². The van der Waals surface area contributed by atoms with E-state index in [1.54, 1.807) is 46.1 Å². The molecule has 3 aliphatic rings. The monoisotopic (exact) mass is 574 g/mol. The van der Waals surface area contributed by atoms with Gasteiger partial charge >= 0.3 is 0 Å². The van der Waals surface area contributed by atoms with Crippen LogP contribution in [-0.4, -0.2) is 101 Å². The van der Waals surface area contributed by atoms with Crippen molar-refractivity contribution >= 4 is 51.6 Å². The quantitative estimate of drug-likeness (QED) is 0.222. The van der Waals surface area contributed by atoms with Gasteiger partial charge in [0.15, 0.2) is 17.1 Å². The lowest BCUT2D eigenvalue weighted by atomic mass is 9.57. The molecule has 2 amide bonds. The van der Waals surface area contributed by atoms with E-state index in [0.717, 1.165) is 11.8 Å². The molecule has 0 spiro atoms. The summed E-state index contributed by atoms with van der Waals surface area (Å²) in [6, 6.07) is 0.469. The standard InChI is InChI=1S/C27H34N4O8S/c1-7-40-26(38)29-14-10-15(30(3)4)12-8-11-9-13-19(31(5)6)22(34)18(25(37)28-2)24(36)27(13,39)23(35)16(11)21(33)17(12)20(14)32/h10-11,13,19,32-33,36,39H,7-9H2,1-6H3,(H,28,37)(H,29,38)/t11-,13-,19-,27-/m0/s1. The molecule has 3 aliphatic carbocycles. The van der Waals surface area contributed by atoms with Gasteiger partial charge in [0.25, 0.3) is 11.1 Å². The predicted molar refractivity (Wildman–Crippen MR) is 151 cm³/mol. The van der Waals surface area contributed by atoms with Gasteiger partial charge in [-0.2, -0.15) is 0 Å². The first-order valence-corrected chi connectivity index (χ1v) is 13.8. The van der Waals surface area contributed by atoms with Crippen LogP contribution in [0.5, 0.6) is 5.75 Å². The number of fused-ring (bicyclic) bond motifs is 3. The van der Waals surface area contributed by atoms with Crippen LogP contribution in [0.25, 0.3) is 5.76 Å². The minimum absolute atomic E-state index is 0.0139. The molecule has 13 heteroatoms. The van der Waals surface area contributed by atoms with E-state index in [2.05, 4.69) is 10.6 Å². The molecule has 1 fully saturated rings. The molecule has 0 bridgehead atoms. The van der Waals surface area contributed by atoms with Gasteiger partial charge in [-0.25, -0.2) is 0 Å². The van der Waals surface area contributed by atoms with Crippen molar-refractivity contribution < 1.29 is 39.6 Å². The highest BCUT2D eigenvalue weighted by molar-refractivity contribution is 8.13. The Hall–Kier alpha value is -3.55. The lowest BCUT2D eigenvalue weighted by Gasteiger charge is -2.50. The highest BCUT2D eigenvalue weighted by Crippen LogP contribution is 2.54. The van der Waals surface area contributed by atoms with Gasteiger partial charge in [-0.15, -0.1) is 0 Å². The third kappa shape index (κ3) is 4.23. The number of hydrogen-bond acceptors (Lipinski definition) is 11. The molecule has 1 aromatic rings. The van der Waals surface area contributed by atoms with Crippen molar-refractivity contribution in [2.45, 2.75) is 31.4 Å².